The minimum atomic E-state index is 0.158. The topological polar surface area (TPSA) is 76.7 Å². The molecule has 0 aliphatic carbocycles. The van der Waals surface area contributed by atoms with E-state index in [-0.39, 0.29) is 11.1 Å². The fourth-order valence-electron chi connectivity index (χ4n) is 3.81. The van der Waals surface area contributed by atoms with Crippen molar-refractivity contribution in [3.63, 3.8) is 0 Å². The van der Waals surface area contributed by atoms with Crippen molar-refractivity contribution >= 4 is 66.3 Å². The Morgan fingerprint density at radius 2 is 1.67 bits per heavy atom. The number of hydrogen-bond acceptors (Lipinski definition) is 8. The standard InChI is InChI=1S/C25H21N5S3/c1-13(2)30-18-5-14(3)15(4)6-20(18)33-25(30)23-8-22-21(32-23)7-19(31-22)17-11-28-24(29-12-17)16(9-26)10-27/h5-9,11-13,26H,1-4H3/b19-17?,24-16?,25-23-,26-9?. The van der Waals surface area contributed by atoms with Gasteiger partial charge in [0, 0.05) is 48.7 Å². The molecule has 0 unspecified atom stereocenters. The normalized spacial score (nSPS) is 14.6. The zero-order valence-corrected chi connectivity index (χ0v) is 21.1. The van der Waals surface area contributed by atoms with E-state index in [0.29, 0.717) is 6.04 Å². The largest absolute Gasteiger partial charge is 0.331 e. The van der Waals surface area contributed by atoms with Gasteiger partial charge >= 0.3 is 0 Å². The summed E-state index contributed by atoms with van der Waals surface area (Å²) in [4.78, 5) is 12.3. The van der Waals surface area contributed by atoms with E-state index in [1.165, 1.54) is 40.7 Å². The molecule has 1 aliphatic heterocycles. The molecule has 8 heteroatoms. The molecule has 4 aromatic rings. The molecule has 33 heavy (non-hydrogen) atoms. The number of thiophene rings is 2. The van der Waals surface area contributed by atoms with E-state index in [0.717, 1.165) is 16.0 Å². The van der Waals surface area contributed by atoms with Crippen molar-refractivity contribution in [2.45, 2.75) is 38.6 Å². The lowest BCUT2D eigenvalue weighted by Crippen LogP contribution is -2.28. The Bertz CT molecular complexity index is 1630. The molecule has 1 aromatic carbocycles. The molecule has 1 aliphatic rings. The third-order valence-electron chi connectivity index (χ3n) is 5.64. The SMILES string of the molecule is Cc1cc2c(cc1C)N(C(C)C)/C(=c1\cc3sc(=c4cnc(=C(C#N)C=N)nc4)cc3s1)S2. The van der Waals surface area contributed by atoms with Crippen LogP contribution in [0.2, 0.25) is 0 Å². The number of rotatable bonds is 2. The van der Waals surface area contributed by atoms with Crippen LogP contribution in [0.25, 0.3) is 20.0 Å². The van der Waals surface area contributed by atoms with Crippen LogP contribution in [0.1, 0.15) is 25.0 Å². The van der Waals surface area contributed by atoms with Gasteiger partial charge in [-0.3, -0.25) is 0 Å². The highest BCUT2D eigenvalue weighted by atomic mass is 32.2. The Labute approximate surface area is 203 Å². The van der Waals surface area contributed by atoms with Crippen LogP contribution in [0.3, 0.4) is 0 Å². The van der Waals surface area contributed by atoms with E-state index in [1.54, 1.807) is 23.7 Å². The molecule has 5 rings (SSSR count). The molecule has 0 fully saturated rings. The third kappa shape index (κ3) is 3.76. The number of nitriles is 1. The molecule has 0 spiro atoms. The summed E-state index contributed by atoms with van der Waals surface area (Å²) in [7, 11) is 0. The lowest BCUT2D eigenvalue weighted by molar-refractivity contribution is 0.799. The lowest BCUT2D eigenvalue weighted by atomic mass is 10.1. The van der Waals surface area contributed by atoms with Crippen molar-refractivity contribution < 1.29 is 0 Å². The maximum absolute atomic E-state index is 9.06. The van der Waals surface area contributed by atoms with Gasteiger partial charge in [-0.25, -0.2) is 9.97 Å². The summed E-state index contributed by atoms with van der Waals surface area (Å²) in [5, 5.41) is 18.6. The average Bonchev–Trinajstić information content (AvgIpc) is 3.46. The Morgan fingerprint density at radius 1 is 1.03 bits per heavy atom. The minimum absolute atomic E-state index is 0.158. The van der Waals surface area contributed by atoms with Gasteiger partial charge in [-0.2, -0.15) is 5.26 Å². The van der Waals surface area contributed by atoms with Crippen LogP contribution in [0.4, 0.5) is 5.69 Å². The van der Waals surface area contributed by atoms with Crippen LogP contribution in [-0.2, 0) is 0 Å². The molecule has 0 saturated heterocycles. The van der Waals surface area contributed by atoms with E-state index in [4.69, 9.17) is 10.7 Å². The van der Waals surface area contributed by atoms with Gasteiger partial charge in [0.05, 0.1) is 15.2 Å². The first-order chi connectivity index (χ1) is 15.9. The van der Waals surface area contributed by atoms with Gasteiger partial charge < -0.3 is 10.3 Å². The number of anilines is 1. The summed E-state index contributed by atoms with van der Waals surface area (Å²) < 4.78 is 4.89. The maximum Gasteiger partial charge on any atom is 0.171 e. The Hall–Kier alpha value is -2.99. The molecule has 0 radical (unpaired) electrons. The van der Waals surface area contributed by atoms with Crippen LogP contribution in [0.15, 0.2) is 41.6 Å². The first-order valence-electron chi connectivity index (χ1n) is 10.5. The molecule has 0 saturated carbocycles. The maximum atomic E-state index is 9.06. The van der Waals surface area contributed by atoms with Gasteiger partial charge in [-0.05, 0) is 63.1 Å². The number of fused-ring (bicyclic) bond motifs is 2. The van der Waals surface area contributed by atoms with Gasteiger partial charge in [-0.1, -0.05) is 11.8 Å². The van der Waals surface area contributed by atoms with Gasteiger partial charge in [0.25, 0.3) is 0 Å². The van der Waals surface area contributed by atoms with Crippen molar-refractivity contribution in [3.05, 3.63) is 67.5 Å². The highest BCUT2D eigenvalue weighted by Crippen LogP contribution is 2.49. The van der Waals surface area contributed by atoms with E-state index >= 15 is 0 Å². The van der Waals surface area contributed by atoms with Crippen LogP contribution in [0, 0.1) is 40.3 Å². The van der Waals surface area contributed by atoms with Gasteiger partial charge in [0.1, 0.15) is 11.6 Å². The minimum Gasteiger partial charge on any atom is -0.331 e. The molecule has 0 bridgehead atoms. The number of aromatic nitrogens is 2. The zero-order valence-electron chi connectivity index (χ0n) is 18.6. The average molecular weight is 488 g/mol. The quantitative estimate of drug-likeness (QED) is 0.400. The summed E-state index contributed by atoms with van der Waals surface area (Å²) in [6, 6.07) is 11.4. The first-order valence-corrected chi connectivity index (χ1v) is 12.9. The molecule has 3 aromatic heterocycles. The number of benzene rings is 1. The molecule has 164 valence electrons. The van der Waals surface area contributed by atoms with E-state index in [9.17, 15) is 0 Å². The van der Waals surface area contributed by atoms with Crippen LogP contribution < -0.4 is 14.9 Å². The summed E-state index contributed by atoms with van der Waals surface area (Å²) >= 11 is 5.41. The smallest absolute Gasteiger partial charge is 0.171 e. The fourth-order valence-corrected chi connectivity index (χ4v) is 7.64. The second-order valence-corrected chi connectivity index (χ2v) is 11.4. The Morgan fingerprint density at radius 3 is 2.30 bits per heavy atom. The number of nitrogens with one attached hydrogen (secondary N) is 1. The van der Waals surface area contributed by atoms with E-state index in [2.05, 4.69) is 66.8 Å². The van der Waals surface area contributed by atoms with Crippen LogP contribution >= 0.6 is 34.4 Å². The number of nitrogens with zero attached hydrogens (tertiary/aromatic N) is 4. The highest BCUT2D eigenvalue weighted by Gasteiger charge is 2.29. The molecule has 0 amide bonds. The fraction of sp³-hybridized carbons (Fsp3) is 0.200. The van der Waals surface area contributed by atoms with Crippen LogP contribution in [-0.4, -0.2) is 22.2 Å². The molecule has 4 heterocycles. The van der Waals surface area contributed by atoms with Crippen molar-refractivity contribution in [1.29, 1.82) is 10.7 Å². The second-order valence-electron chi connectivity index (χ2n) is 8.19. The second kappa shape index (κ2) is 8.41. The van der Waals surface area contributed by atoms with Gasteiger partial charge in [0.15, 0.2) is 5.48 Å². The summed E-state index contributed by atoms with van der Waals surface area (Å²) in [6.45, 7) is 8.85. The molecule has 5 nitrogen and oxygen atoms in total. The Balaban J connectivity index is 1.64. The monoisotopic (exact) mass is 487 g/mol. The van der Waals surface area contributed by atoms with Crippen molar-refractivity contribution in [3.8, 4) is 6.07 Å². The van der Waals surface area contributed by atoms with Gasteiger partial charge in [-0.15, -0.1) is 22.7 Å². The molecule has 1 N–H and O–H groups in total. The molecular formula is C25H21N5S3. The van der Waals surface area contributed by atoms with Gasteiger partial charge in [0.2, 0.25) is 0 Å². The lowest BCUT2D eigenvalue weighted by Gasteiger charge is -2.25. The molecule has 0 atom stereocenters. The molecular weight excluding hydrogens is 467 g/mol. The number of aryl methyl sites for hydroxylation is 2. The summed E-state index contributed by atoms with van der Waals surface area (Å²) in [6.07, 6.45) is 4.43. The van der Waals surface area contributed by atoms with Crippen LogP contribution in [0.5, 0.6) is 0 Å². The highest BCUT2D eigenvalue weighted by molar-refractivity contribution is 8.08. The Kier molecular flexibility index (Phi) is 5.57. The summed E-state index contributed by atoms with van der Waals surface area (Å²) in [5.41, 5.74) is 4.40. The van der Waals surface area contributed by atoms with Crippen molar-refractivity contribution in [1.82, 2.24) is 9.97 Å². The number of hydrogen-bond donors (Lipinski definition) is 1. The predicted octanol–water partition coefficient (Wildman–Crippen LogP) is 5.07. The zero-order chi connectivity index (χ0) is 23.3. The summed E-state index contributed by atoms with van der Waals surface area (Å²) in [5.74, 6) is 0. The van der Waals surface area contributed by atoms with E-state index < -0.39 is 0 Å². The van der Waals surface area contributed by atoms with Crippen molar-refractivity contribution in [2.24, 2.45) is 0 Å². The first kappa shape index (κ1) is 21.8. The van der Waals surface area contributed by atoms with Crippen molar-refractivity contribution in [2.75, 3.05) is 4.90 Å². The third-order valence-corrected chi connectivity index (χ3v) is 9.27. The van der Waals surface area contributed by atoms with E-state index in [1.807, 2.05) is 29.2 Å². The number of thioether (sulfide) groups is 1. The predicted molar refractivity (Wildman–Crippen MR) is 139 cm³/mol.